The summed E-state index contributed by atoms with van der Waals surface area (Å²) in [4.78, 5) is 32.8. The molecule has 0 spiro atoms. The Labute approximate surface area is 114 Å². The summed E-state index contributed by atoms with van der Waals surface area (Å²) >= 11 is 0. The Hall–Kier alpha value is -2.64. The summed E-state index contributed by atoms with van der Waals surface area (Å²) in [5.41, 5.74) is -0.523. The minimum atomic E-state index is -1.29. The molecule has 1 aromatic carbocycles. The second kappa shape index (κ2) is 6.00. The van der Waals surface area contributed by atoms with Crippen molar-refractivity contribution in [3.05, 3.63) is 33.4 Å². The largest absolute Gasteiger partial charge is 0.478 e. The van der Waals surface area contributed by atoms with Gasteiger partial charge in [-0.3, -0.25) is 15.4 Å². The number of rotatable bonds is 4. The highest BCUT2D eigenvalue weighted by Gasteiger charge is 2.21. The molecule has 0 heterocycles. The van der Waals surface area contributed by atoms with E-state index in [0.717, 1.165) is 12.1 Å². The Morgan fingerprint density at radius 3 is 2.45 bits per heavy atom. The second-order valence-electron chi connectivity index (χ2n) is 4.33. The van der Waals surface area contributed by atoms with E-state index < -0.39 is 23.1 Å². The van der Waals surface area contributed by atoms with E-state index in [1.165, 1.54) is 6.92 Å². The molecular weight excluding hydrogens is 268 g/mol. The van der Waals surface area contributed by atoms with Crippen molar-refractivity contribution < 1.29 is 24.4 Å². The molecule has 2 N–H and O–H groups in total. The molecule has 1 aromatic rings. The highest BCUT2D eigenvalue weighted by molar-refractivity contribution is 6.00. The van der Waals surface area contributed by atoms with E-state index >= 15 is 0 Å². The van der Waals surface area contributed by atoms with Gasteiger partial charge in [-0.1, -0.05) is 0 Å². The lowest BCUT2D eigenvalue weighted by molar-refractivity contribution is -0.384. The van der Waals surface area contributed by atoms with E-state index in [9.17, 15) is 19.7 Å². The van der Waals surface area contributed by atoms with Crippen molar-refractivity contribution in [2.24, 2.45) is 0 Å². The number of nitro groups is 1. The molecule has 8 nitrogen and oxygen atoms in total. The average molecular weight is 282 g/mol. The molecule has 0 aromatic heterocycles. The van der Waals surface area contributed by atoms with Crippen molar-refractivity contribution >= 4 is 23.4 Å². The molecule has 0 bridgehead atoms. The van der Waals surface area contributed by atoms with Gasteiger partial charge in [0.15, 0.2) is 0 Å². The molecule has 0 aliphatic rings. The van der Waals surface area contributed by atoms with Crippen LogP contribution in [0.25, 0.3) is 0 Å². The molecule has 1 rings (SSSR count). The Kier molecular flexibility index (Phi) is 4.63. The Balaban J connectivity index is 3.23. The lowest BCUT2D eigenvalue weighted by Gasteiger charge is -2.12. The van der Waals surface area contributed by atoms with E-state index in [1.54, 1.807) is 13.8 Å². The molecule has 8 heteroatoms. The second-order valence-corrected chi connectivity index (χ2v) is 4.33. The van der Waals surface area contributed by atoms with Gasteiger partial charge >= 0.3 is 12.1 Å². The van der Waals surface area contributed by atoms with Gasteiger partial charge in [-0.2, -0.15) is 0 Å². The smallest absolute Gasteiger partial charge is 0.411 e. The standard InChI is InChI=1S/C12H14N2O6/c1-6(2)20-12(17)13-9-5-8(14(18)19)4-7(3)10(9)11(15)16/h4-6H,1-3H3,(H,13,17)(H,15,16). The zero-order valence-corrected chi connectivity index (χ0v) is 11.2. The summed E-state index contributed by atoms with van der Waals surface area (Å²) in [5, 5.41) is 22.1. The maximum Gasteiger partial charge on any atom is 0.411 e. The summed E-state index contributed by atoms with van der Waals surface area (Å²) in [7, 11) is 0. The predicted molar refractivity (Wildman–Crippen MR) is 70.0 cm³/mol. The number of carboxylic acids is 1. The third kappa shape index (κ3) is 3.67. The molecule has 0 unspecified atom stereocenters. The fraction of sp³-hybridized carbons (Fsp3) is 0.333. The topological polar surface area (TPSA) is 119 Å². The highest BCUT2D eigenvalue weighted by Crippen LogP contribution is 2.26. The van der Waals surface area contributed by atoms with Gasteiger partial charge in [0.25, 0.3) is 5.69 Å². The van der Waals surface area contributed by atoms with Crippen LogP contribution in [0, 0.1) is 17.0 Å². The summed E-state index contributed by atoms with van der Waals surface area (Å²) < 4.78 is 4.82. The van der Waals surface area contributed by atoms with E-state index in [-0.39, 0.29) is 22.5 Å². The molecule has 20 heavy (non-hydrogen) atoms. The molecule has 0 fully saturated rings. The first kappa shape index (κ1) is 15.4. The lowest BCUT2D eigenvalue weighted by atomic mass is 10.1. The number of amides is 1. The van der Waals surface area contributed by atoms with Crippen molar-refractivity contribution in [1.29, 1.82) is 0 Å². The number of ether oxygens (including phenoxy) is 1. The number of nitrogens with zero attached hydrogens (tertiary/aromatic N) is 1. The molecular formula is C12H14N2O6. The van der Waals surface area contributed by atoms with Crippen LogP contribution >= 0.6 is 0 Å². The Morgan fingerprint density at radius 2 is 2.00 bits per heavy atom. The highest BCUT2D eigenvalue weighted by atomic mass is 16.6. The van der Waals surface area contributed by atoms with Crippen LogP contribution < -0.4 is 5.32 Å². The van der Waals surface area contributed by atoms with E-state index in [2.05, 4.69) is 5.32 Å². The van der Waals surface area contributed by atoms with Crippen molar-refractivity contribution in [3.63, 3.8) is 0 Å². The third-order valence-electron chi connectivity index (χ3n) is 2.32. The van der Waals surface area contributed by atoms with Crippen LogP contribution in [-0.2, 0) is 4.74 Å². The van der Waals surface area contributed by atoms with Gasteiger partial charge in [0.05, 0.1) is 22.3 Å². The van der Waals surface area contributed by atoms with Gasteiger partial charge < -0.3 is 9.84 Å². The summed E-state index contributed by atoms with van der Waals surface area (Å²) in [6.45, 7) is 4.65. The van der Waals surface area contributed by atoms with Crippen LogP contribution in [0.15, 0.2) is 12.1 Å². The number of benzene rings is 1. The number of nitro benzene ring substituents is 1. The number of non-ortho nitro benzene ring substituents is 1. The van der Waals surface area contributed by atoms with Crippen LogP contribution in [0.5, 0.6) is 0 Å². The van der Waals surface area contributed by atoms with Gasteiger partial charge in [-0.05, 0) is 26.3 Å². The number of nitrogens with one attached hydrogen (secondary N) is 1. The van der Waals surface area contributed by atoms with Gasteiger partial charge in [-0.25, -0.2) is 9.59 Å². The third-order valence-corrected chi connectivity index (χ3v) is 2.32. The monoisotopic (exact) mass is 282 g/mol. The van der Waals surface area contributed by atoms with Crippen molar-refractivity contribution in [3.8, 4) is 0 Å². The zero-order valence-electron chi connectivity index (χ0n) is 11.2. The summed E-state index contributed by atoms with van der Waals surface area (Å²) in [6, 6.07) is 2.11. The summed E-state index contributed by atoms with van der Waals surface area (Å²) in [6.07, 6.45) is -1.27. The maximum atomic E-state index is 11.5. The van der Waals surface area contributed by atoms with Crippen LogP contribution in [0.3, 0.4) is 0 Å². The maximum absolute atomic E-state index is 11.5. The number of anilines is 1. The minimum Gasteiger partial charge on any atom is -0.478 e. The number of carboxylic acid groups (broad SMARTS) is 1. The Morgan fingerprint density at radius 1 is 1.40 bits per heavy atom. The van der Waals surface area contributed by atoms with Crippen LogP contribution in [0.4, 0.5) is 16.2 Å². The lowest BCUT2D eigenvalue weighted by Crippen LogP contribution is -2.20. The first-order chi connectivity index (χ1) is 9.22. The minimum absolute atomic E-state index is 0.171. The number of hydrogen-bond acceptors (Lipinski definition) is 5. The number of hydrogen-bond donors (Lipinski definition) is 2. The van der Waals surface area contributed by atoms with Gasteiger partial charge in [0.2, 0.25) is 0 Å². The van der Waals surface area contributed by atoms with E-state index in [1.807, 2.05) is 0 Å². The normalized spacial score (nSPS) is 10.2. The predicted octanol–water partition coefficient (Wildman–Crippen LogP) is 2.56. The number of carbonyl (C=O) groups excluding carboxylic acids is 1. The van der Waals surface area contributed by atoms with Crippen molar-refractivity contribution in [2.75, 3.05) is 5.32 Å². The van der Waals surface area contributed by atoms with Crippen LogP contribution in [0.1, 0.15) is 29.8 Å². The fourth-order valence-corrected chi connectivity index (χ4v) is 1.61. The van der Waals surface area contributed by atoms with Crippen LogP contribution in [0.2, 0.25) is 0 Å². The SMILES string of the molecule is Cc1cc([N+](=O)[O-])cc(NC(=O)OC(C)C)c1C(=O)O. The molecule has 0 radical (unpaired) electrons. The quantitative estimate of drug-likeness (QED) is 0.647. The van der Waals surface area contributed by atoms with E-state index in [4.69, 9.17) is 9.84 Å². The number of aryl methyl sites for hydroxylation is 1. The fourth-order valence-electron chi connectivity index (χ4n) is 1.61. The summed E-state index contributed by atoms with van der Waals surface area (Å²) in [5.74, 6) is -1.29. The number of carbonyl (C=O) groups is 2. The van der Waals surface area contributed by atoms with E-state index in [0.29, 0.717) is 0 Å². The molecule has 0 atom stereocenters. The molecule has 0 saturated carbocycles. The molecule has 1 amide bonds. The van der Waals surface area contributed by atoms with Crippen LogP contribution in [-0.4, -0.2) is 28.2 Å². The molecule has 0 saturated heterocycles. The zero-order chi connectivity index (χ0) is 15.4. The van der Waals surface area contributed by atoms with Gasteiger partial charge in [0, 0.05) is 12.1 Å². The number of aromatic carboxylic acids is 1. The molecule has 0 aliphatic carbocycles. The molecule has 108 valence electrons. The van der Waals surface area contributed by atoms with Crippen molar-refractivity contribution in [1.82, 2.24) is 0 Å². The van der Waals surface area contributed by atoms with Gasteiger partial charge in [0.1, 0.15) is 0 Å². The van der Waals surface area contributed by atoms with Crippen molar-refractivity contribution in [2.45, 2.75) is 26.9 Å². The Bertz CT molecular complexity index is 567. The molecule has 0 aliphatic heterocycles. The first-order valence-electron chi connectivity index (χ1n) is 5.72. The average Bonchev–Trinajstić information content (AvgIpc) is 2.25. The first-order valence-corrected chi connectivity index (χ1v) is 5.72. The van der Waals surface area contributed by atoms with Gasteiger partial charge in [-0.15, -0.1) is 0 Å².